The van der Waals surface area contributed by atoms with Gasteiger partial charge in [-0.2, -0.15) is 0 Å². The highest BCUT2D eigenvalue weighted by atomic mass is 15.1. The third kappa shape index (κ3) is 10.1. The first-order valence-electron chi connectivity index (χ1n) is 31.1. The minimum absolute atomic E-state index is 0.172. The lowest BCUT2D eigenvalue weighted by molar-refractivity contribution is 0.504. The largest absolute Gasteiger partial charge is 0.310 e. The van der Waals surface area contributed by atoms with Crippen LogP contribution in [0.3, 0.4) is 0 Å². The Kier molecular flexibility index (Phi) is 14.6. The number of benzene rings is 12. The zero-order valence-corrected chi connectivity index (χ0v) is 50.8. The molecule has 0 aromatic heterocycles. The minimum Gasteiger partial charge on any atom is -0.310 e. The molecule has 2 atom stereocenters. The molecule has 426 valence electrons. The van der Waals surface area contributed by atoms with E-state index >= 15 is 0 Å². The van der Waals surface area contributed by atoms with E-state index in [0.717, 1.165) is 70.9 Å². The van der Waals surface area contributed by atoms with E-state index in [9.17, 15) is 0 Å². The maximum atomic E-state index is 4.05. The molecule has 2 aliphatic carbocycles. The zero-order chi connectivity index (χ0) is 59.9. The summed E-state index contributed by atoms with van der Waals surface area (Å²) in [6.07, 6.45) is 7.71. The smallest absolute Gasteiger partial charge is 0.0507 e. The van der Waals surface area contributed by atoms with E-state index in [-0.39, 0.29) is 5.41 Å². The number of hydrogen-bond donors (Lipinski definition) is 0. The van der Waals surface area contributed by atoms with Gasteiger partial charge in [-0.25, -0.2) is 0 Å². The molecule has 0 fully saturated rings. The van der Waals surface area contributed by atoms with Crippen LogP contribution in [0.1, 0.15) is 84.3 Å². The summed E-state index contributed by atoms with van der Waals surface area (Å²) in [6, 6.07) is 104. The number of anilines is 6. The summed E-state index contributed by atoms with van der Waals surface area (Å²) in [5.74, 6) is 0. The van der Waals surface area contributed by atoms with E-state index in [4.69, 9.17) is 0 Å². The summed E-state index contributed by atoms with van der Waals surface area (Å²) in [6.45, 7) is 17.1. The SMILES string of the molecule is C=Cc1ccc(CC2(c3ccc(C)cc3C)CCc3ccc(N(c4ccccc4)c4ccc(-c5ccc(-c6ccc(N(c7ccccc7)c7ccc8c(c7)C(Cc7ccc(C=C)cc7)(c7ccc(C)cc7C)c7ccccc7-8)cc6)cc5)cc4)cc32)cc1. The second kappa shape index (κ2) is 23.2. The predicted molar refractivity (Wildman–Crippen MR) is 373 cm³/mol. The van der Waals surface area contributed by atoms with Crippen LogP contribution in [-0.4, -0.2) is 0 Å². The summed E-state index contributed by atoms with van der Waals surface area (Å²) in [5, 5.41) is 0. The second-order valence-corrected chi connectivity index (χ2v) is 24.5. The molecule has 14 rings (SSSR count). The maximum Gasteiger partial charge on any atom is 0.0507 e. The van der Waals surface area contributed by atoms with E-state index in [0.29, 0.717) is 0 Å². The Bertz CT molecular complexity index is 4540. The molecule has 2 aliphatic rings. The van der Waals surface area contributed by atoms with Gasteiger partial charge in [0.15, 0.2) is 0 Å². The Morgan fingerprint density at radius 1 is 0.341 bits per heavy atom. The van der Waals surface area contributed by atoms with Gasteiger partial charge in [0, 0.05) is 39.5 Å². The Labute approximate surface area is 520 Å². The van der Waals surface area contributed by atoms with Crippen LogP contribution in [-0.2, 0) is 30.1 Å². The number of rotatable bonds is 16. The molecule has 2 unspecified atom stereocenters. The van der Waals surface area contributed by atoms with Crippen LogP contribution in [0.4, 0.5) is 34.1 Å². The third-order valence-electron chi connectivity index (χ3n) is 19.1. The van der Waals surface area contributed by atoms with Crippen molar-refractivity contribution in [3.63, 3.8) is 0 Å². The molecular formula is C86H72N2. The Balaban J connectivity index is 0.771. The fourth-order valence-electron chi connectivity index (χ4n) is 14.8. The molecule has 0 N–H and O–H groups in total. The van der Waals surface area contributed by atoms with Gasteiger partial charge in [0.1, 0.15) is 0 Å². The minimum atomic E-state index is -0.433. The molecule has 0 saturated heterocycles. The molecule has 0 saturated carbocycles. The molecule has 88 heavy (non-hydrogen) atoms. The Morgan fingerprint density at radius 2 is 0.761 bits per heavy atom. The highest BCUT2D eigenvalue weighted by Crippen LogP contribution is 2.57. The average molecular weight is 1130 g/mol. The summed E-state index contributed by atoms with van der Waals surface area (Å²) >= 11 is 0. The van der Waals surface area contributed by atoms with Crippen LogP contribution < -0.4 is 9.80 Å². The number of aryl methyl sites for hydroxylation is 5. The number of nitrogens with zero attached hydrogens (tertiary/aromatic N) is 2. The average Bonchev–Trinajstić information content (AvgIpc) is 1.56. The normalized spacial score (nSPS) is 15.5. The van der Waals surface area contributed by atoms with Gasteiger partial charge in [-0.1, -0.05) is 243 Å². The first kappa shape index (κ1) is 55.6. The van der Waals surface area contributed by atoms with Crippen LogP contribution >= 0.6 is 0 Å². The molecule has 0 amide bonds. The third-order valence-corrected chi connectivity index (χ3v) is 19.1. The van der Waals surface area contributed by atoms with Crippen LogP contribution in [0, 0.1) is 27.7 Å². The van der Waals surface area contributed by atoms with Gasteiger partial charge in [-0.15, -0.1) is 0 Å². The van der Waals surface area contributed by atoms with Crippen LogP contribution in [0.25, 0.3) is 45.5 Å². The quantitative estimate of drug-likeness (QED) is 0.0951. The first-order chi connectivity index (χ1) is 43.1. The van der Waals surface area contributed by atoms with Gasteiger partial charge in [-0.3, -0.25) is 0 Å². The van der Waals surface area contributed by atoms with Crippen molar-refractivity contribution in [3.8, 4) is 33.4 Å². The topological polar surface area (TPSA) is 6.48 Å². The molecule has 0 aliphatic heterocycles. The predicted octanol–water partition coefficient (Wildman–Crippen LogP) is 22.5. The lowest BCUT2D eigenvalue weighted by atomic mass is 9.67. The summed E-state index contributed by atoms with van der Waals surface area (Å²) in [7, 11) is 0. The number of fused-ring (bicyclic) bond motifs is 4. The van der Waals surface area contributed by atoms with Crippen LogP contribution in [0.15, 0.2) is 292 Å². The highest BCUT2D eigenvalue weighted by Gasteiger charge is 2.46. The lowest BCUT2D eigenvalue weighted by Gasteiger charge is -2.36. The standard InChI is InChI=1S/C86H72N2/c1-7-63-25-29-65(30-26-63)57-85(80-49-23-59(3)53-61(80)5)52-51-71-41-46-76(55-83(71)85)87(72-17-11-9-12-18-72)74-42-37-69(38-43-74)67-33-35-68(36-34-67)70-39-44-75(45-40-70)88(73-19-13-10-14-20-73)77-47-48-79-78-21-15-16-22-82(78)86(84(79)56-77,81-50-24-60(4)54-62(81)6)58-66-31-27-64(8-2)28-32-66/h7-50,53-56H,1-2,51-52,57-58H2,3-6H3. The molecule has 0 heterocycles. The van der Waals surface area contributed by atoms with Crippen molar-refractivity contribution < 1.29 is 0 Å². The van der Waals surface area contributed by atoms with Crippen molar-refractivity contribution in [3.05, 3.63) is 370 Å². The van der Waals surface area contributed by atoms with Crippen LogP contribution in [0.2, 0.25) is 0 Å². The number of hydrogen-bond acceptors (Lipinski definition) is 2. The van der Waals surface area contributed by atoms with E-state index in [1.165, 1.54) is 100 Å². The van der Waals surface area contributed by atoms with Crippen molar-refractivity contribution in [1.82, 2.24) is 0 Å². The van der Waals surface area contributed by atoms with Crippen molar-refractivity contribution in [2.75, 3.05) is 9.80 Å². The molecule has 0 bridgehead atoms. The molecule has 12 aromatic carbocycles. The molecule has 2 nitrogen and oxygen atoms in total. The summed E-state index contributed by atoms with van der Waals surface area (Å²) in [4.78, 5) is 4.84. The number of para-hydroxylation sites is 2. The van der Waals surface area contributed by atoms with Crippen molar-refractivity contribution in [1.29, 1.82) is 0 Å². The van der Waals surface area contributed by atoms with Crippen molar-refractivity contribution in [2.24, 2.45) is 0 Å². The van der Waals surface area contributed by atoms with E-state index in [2.05, 4.69) is 330 Å². The van der Waals surface area contributed by atoms with Gasteiger partial charge in [0.2, 0.25) is 0 Å². The van der Waals surface area contributed by atoms with Crippen LogP contribution in [0.5, 0.6) is 0 Å². The molecule has 0 spiro atoms. The second-order valence-electron chi connectivity index (χ2n) is 24.5. The van der Waals surface area contributed by atoms with Gasteiger partial charge in [0.25, 0.3) is 0 Å². The summed E-state index contributed by atoms with van der Waals surface area (Å²) in [5.41, 5.74) is 31.8. The van der Waals surface area contributed by atoms with E-state index in [1.807, 2.05) is 12.2 Å². The molecular weight excluding hydrogens is 1060 g/mol. The molecule has 2 heteroatoms. The maximum absolute atomic E-state index is 4.05. The zero-order valence-electron chi connectivity index (χ0n) is 50.8. The van der Waals surface area contributed by atoms with Gasteiger partial charge >= 0.3 is 0 Å². The molecule has 0 radical (unpaired) electrons. The van der Waals surface area contributed by atoms with Gasteiger partial charge in [-0.05, 0) is 226 Å². The van der Waals surface area contributed by atoms with Crippen molar-refractivity contribution in [2.45, 2.75) is 64.2 Å². The monoisotopic (exact) mass is 1130 g/mol. The van der Waals surface area contributed by atoms with E-state index < -0.39 is 5.41 Å². The van der Waals surface area contributed by atoms with E-state index in [1.54, 1.807) is 0 Å². The highest BCUT2D eigenvalue weighted by molar-refractivity contribution is 5.89. The molecule has 12 aromatic rings. The first-order valence-corrected chi connectivity index (χ1v) is 31.1. The van der Waals surface area contributed by atoms with Gasteiger partial charge < -0.3 is 9.80 Å². The lowest BCUT2D eigenvalue weighted by Crippen LogP contribution is -2.31. The fraction of sp³-hybridized carbons (Fsp3) is 0.116. The van der Waals surface area contributed by atoms with Crippen molar-refractivity contribution >= 4 is 46.3 Å². The summed E-state index contributed by atoms with van der Waals surface area (Å²) < 4.78 is 0. The Hall–Kier alpha value is -10.3. The van der Waals surface area contributed by atoms with Gasteiger partial charge in [0.05, 0.1) is 5.41 Å². The fourth-order valence-corrected chi connectivity index (χ4v) is 14.8. The Morgan fingerprint density at radius 3 is 1.27 bits per heavy atom.